The van der Waals surface area contributed by atoms with Gasteiger partial charge in [-0.3, -0.25) is 4.90 Å². The Kier molecular flexibility index (Phi) is 9.53. The maximum absolute atomic E-state index is 14.3. The lowest BCUT2D eigenvalue weighted by Gasteiger charge is -2.37. The highest BCUT2D eigenvalue weighted by Gasteiger charge is 2.32. The number of likely N-dealkylation sites (tertiary alicyclic amines) is 1. The molecule has 1 aliphatic carbocycles. The van der Waals surface area contributed by atoms with Crippen molar-refractivity contribution in [3.05, 3.63) is 46.9 Å². The quantitative estimate of drug-likeness (QED) is 0.303. The third-order valence-electron chi connectivity index (χ3n) is 8.28. The number of rotatable bonds is 10. The number of carbonyl (C=O) groups is 1. The Hall–Kier alpha value is -2.07. The fourth-order valence-corrected chi connectivity index (χ4v) is 6.38. The standard InChI is InChI=1S/C28H37Cl2FN4O4/c29-20-5-4-19(22(31)14-20)17-39-26-3-1-2-23(32-26)18-8-11-34(12-9-18)16-25-33-28(30)24(6-7-27(36)37)35(25)15-21-10-13-38-21/h1-3,6-7,18-23,32H,4-5,8-17H2,(H,36,37)/b7-6+/t19?,20?,21-,22?,23?/m0/s1. The molecule has 4 aliphatic rings. The Labute approximate surface area is 238 Å². The number of hydrogen-bond acceptors (Lipinski definition) is 6. The molecule has 3 fully saturated rings. The average Bonchev–Trinajstić information content (AvgIpc) is 3.18. The van der Waals surface area contributed by atoms with Crippen molar-refractivity contribution in [1.82, 2.24) is 19.8 Å². The number of aliphatic carboxylic acids is 1. The van der Waals surface area contributed by atoms with Crippen molar-refractivity contribution in [3.8, 4) is 0 Å². The molecule has 0 aromatic carbocycles. The van der Waals surface area contributed by atoms with Gasteiger partial charge in [0.05, 0.1) is 37.5 Å². The molecule has 0 bridgehead atoms. The molecule has 8 nitrogen and oxygen atoms in total. The highest BCUT2D eigenvalue weighted by Crippen LogP contribution is 2.32. The summed E-state index contributed by atoms with van der Waals surface area (Å²) in [6, 6.07) is 0.173. The number of ether oxygens (including phenoxy) is 2. The molecular formula is C28H37Cl2FN4O4. The van der Waals surface area contributed by atoms with Gasteiger partial charge in [0.1, 0.15) is 12.0 Å². The number of nitrogens with zero attached hydrogens (tertiary/aromatic N) is 3. The monoisotopic (exact) mass is 582 g/mol. The van der Waals surface area contributed by atoms with Gasteiger partial charge in [-0.2, -0.15) is 0 Å². The van der Waals surface area contributed by atoms with Crippen LogP contribution in [0.4, 0.5) is 4.39 Å². The van der Waals surface area contributed by atoms with Crippen LogP contribution in [0.15, 0.2) is 30.2 Å². The van der Waals surface area contributed by atoms with Crippen molar-refractivity contribution >= 4 is 35.2 Å². The predicted molar refractivity (Wildman–Crippen MR) is 148 cm³/mol. The number of halogens is 3. The van der Waals surface area contributed by atoms with Gasteiger partial charge in [0.2, 0.25) is 0 Å². The van der Waals surface area contributed by atoms with Gasteiger partial charge in [0.15, 0.2) is 11.0 Å². The lowest BCUT2D eigenvalue weighted by Crippen LogP contribution is -2.43. The van der Waals surface area contributed by atoms with Gasteiger partial charge in [0, 0.05) is 24.0 Å². The van der Waals surface area contributed by atoms with Crippen LogP contribution in [0, 0.1) is 11.8 Å². The van der Waals surface area contributed by atoms with E-state index in [0.29, 0.717) is 48.8 Å². The Morgan fingerprint density at radius 3 is 2.77 bits per heavy atom. The summed E-state index contributed by atoms with van der Waals surface area (Å²) in [5.74, 6) is 0.851. The van der Waals surface area contributed by atoms with Crippen LogP contribution in [0.3, 0.4) is 0 Å². The number of aromatic nitrogens is 2. The van der Waals surface area contributed by atoms with Crippen LogP contribution in [0.2, 0.25) is 5.15 Å². The van der Waals surface area contributed by atoms with Crippen LogP contribution in [-0.2, 0) is 27.4 Å². The van der Waals surface area contributed by atoms with Crippen LogP contribution in [0.25, 0.3) is 6.08 Å². The van der Waals surface area contributed by atoms with Gasteiger partial charge in [-0.25, -0.2) is 14.2 Å². The van der Waals surface area contributed by atoms with E-state index in [1.54, 1.807) is 0 Å². The smallest absolute Gasteiger partial charge is 0.328 e. The minimum absolute atomic E-state index is 0.0638. The number of nitrogens with one attached hydrogen (secondary N) is 1. The Morgan fingerprint density at radius 1 is 1.28 bits per heavy atom. The maximum atomic E-state index is 14.3. The first kappa shape index (κ1) is 28.5. The van der Waals surface area contributed by atoms with Gasteiger partial charge >= 0.3 is 5.97 Å². The topological polar surface area (TPSA) is 88.9 Å². The van der Waals surface area contributed by atoms with E-state index in [0.717, 1.165) is 63.7 Å². The second kappa shape index (κ2) is 13.1. The zero-order chi connectivity index (χ0) is 27.4. The molecule has 4 heterocycles. The molecule has 1 aromatic heterocycles. The number of alkyl halides is 2. The second-order valence-electron chi connectivity index (χ2n) is 11.0. The zero-order valence-corrected chi connectivity index (χ0v) is 23.5. The second-order valence-corrected chi connectivity index (χ2v) is 11.9. The van der Waals surface area contributed by atoms with Crippen LogP contribution in [0.5, 0.6) is 0 Å². The molecule has 5 rings (SSSR count). The molecule has 11 heteroatoms. The minimum atomic E-state index is -1.03. The minimum Gasteiger partial charge on any atom is -0.479 e. The summed E-state index contributed by atoms with van der Waals surface area (Å²) in [7, 11) is 0. The van der Waals surface area contributed by atoms with E-state index in [1.807, 2.05) is 16.7 Å². The maximum Gasteiger partial charge on any atom is 0.328 e. The summed E-state index contributed by atoms with van der Waals surface area (Å²) in [6.07, 6.45) is 12.9. The molecule has 2 N–H and O–H groups in total. The van der Waals surface area contributed by atoms with Gasteiger partial charge in [-0.15, -0.1) is 11.6 Å². The summed E-state index contributed by atoms with van der Waals surface area (Å²) < 4.78 is 28.0. The number of imidazole rings is 1. The summed E-state index contributed by atoms with van der Waals surface area (Å²) in [5, 5.41) is 12.8. The molecule has 0 amide bonds. The molecule has 0 spiro atoms. The number of hydrogen-bond donors (Lipinski definition) is 2. The molecule has 39 heavy (non-hydrogen) atoms. The van der Waals surface area contributed by atoms with Crippen molar-refractivity contribution in [2.24, 2.45) is 11.8 Å². The van der Waals surface area contributed by atoms with Crippen LogP contribution >= 0.6 is 23.2 Å². The van der Waals surface area contributed by atoms with Crippen molar-refractivity contribution < 1.29 is 23.8 Å². The predicted octanol–water partition coefficient (Wildman–Crippen LogP) is 4.77. The first-order valence-corrected chi connectivity index (χ1v) is 14.7. The number of piperidine rings is 1. The molecule has 1 aromatic rings. The van der Waals surface area contributed by atoms with E-state index in [9.17, 15) is 9.18 Å². The molecular weight excluding hydrogens is 546 g/mol. The van der Waals surface area contributed by atoms with E-state index in [1.165, 1.54) is 6.08 Å². The molecule has 0 radical (unpaired) electrons. The van der Waals surface area contributed by atoms with E-state index in [-0.39, 0.29) is 23.4 Å². The van der Waals surface area contributed by atoms with Crippen molar-refractivity contribution in [2.75, 3.05) is 26.3 Å². The van der Waals surface area contributed by atoms with Crippen molar-refractivity contribution in [2.45, 2.75) is 75.3 Å². The van der Waals surface area contributed by atoms with Crippen molar-refractivity contribution in [1.29, 1.82) is 0 Å². The lowest BCUT2D eigenvalue weighted by atomic mass is 9.87. The van der Waals surface area contributed by atoms with Crippen LogP contribution in [0.1, 0.15) is 50.0 Å². The zero-order valence-electron chi connectivity index (χ0n) is 22.0. The van der Waals surface area contributed by atoms with Crippen LogP contribution in [-0.4, -0.2) is 75.5 Å². The Balaban J connectivity index is 1.13. The molecule has 1 saturated carbocycles. The van der Waals surface area contributed by atoms with Gasteiger partial charge in [0.25, 0.3) is 0 Å². The first-order chi connectivity index (χ1) is 18.9. The molecule has 4 unspecified atom stereocenters. The summed E-state index contributed by atoms with van der Waals surface area (Å²) in [4.78, 5) is 18.0. The van der Waals surface area contributed by atoms with Crippen molar-refractivity contribution in [3.63, 3.8) is 0 Å². The van der Waals surface area contributed by atoms with Gasteiger partial charge in [-0.1, -0.05) is 23.8 Å². The number of carboxylic acid groups (broad SMARTS) is 1. The number of allylic oxidation sites excluding steroid dienone is 2. The first-order valence-electron chi connectivity index (χ1n) is 13.9. The van der Waals surface area contributed by atoms with Crippen LogP contribution < -0.4 is 5.32 Å². The Morgan fingerprint density at radius 2 is 2.08 bits per heavy atom. The van der Waals surface area contributed by atoms with Gasteiger partial charge < -0.3 is 24.5 Å². The molecule has 214 valence electrons. The number of dihydropyridines is 1. The fourth-order valence-electron chi connectivity index (χ4n) is 5.82. The highest BCUT2D eigenvalue weighted by molar-refractivity contribution is 6.30. The fraction of sp³-hybridized carbons (Fsp3) is 0.643. The summed E-state index contributed by atoms with van der Waals surface area (Å²) >= 11 is 12.5. The highest BCUT2D eigenvalue weighted by atomic mass is 35.5. The normalized spacial score (nSPS) is 30.1. The van der Waals surface area contributed by atoms with E-state index < -0.39 is 12.1 Å². The Bertz CT molecular complexity index is 1100. The largest absolute Gasteiger partial charge is 0.479 e. The number of carboxylic acids is 1. The van der Waals surface area contributed by atoms with E-state index >= 15 is 0 Å². The SMILES string of the molecule is O=C(O)/C=C/c1c(Cl)nc(CN2CCC(C3C=CC=C(OCC4CCC(Cl)CC4F)N3)CC2)n1C[C@@H]1CCO1. The van der Waals surface area contributed by atoms with Gasteiger partial charge in [-0.05, 0) is 69.7 Å². The average molecular weight is 584 g/mol. The molecule has 3 aliphatic heterocycles. The summed E-state index contributed by atoms with van der Waals surface area (Å²) in [5.41, 5.74) is 0.602. The third kappa shape index (κ3) is 7.37. The summed E-state index contributed by atoms with van der Waals surface area (Å²) in [6.45, 7) is 4.17. The molecule has 2 saturated heterocycles. The molecule has 5 atom stereocenters. The lowest BCUT2D eigenvalue weighted by molar-refractivity contribution is -0.131. The van der Waals surface area contributed by atoms with E-state index in [4.69, 9.17) is 37.8 Å². The third-order valence-corrected chi connectivity index (χ3v) is 8.95. The van der Waals surface area contributed by atoms with E-state index in [2.05, 4.69) is 21.3 Å².